The van der Waals surface area contributed by atoms with E-state index in [4.69, 9.17) is 14.2 Å². The van der Waals surface area contributed by atoms with Crippen molar-refractivity contribution in [3.05, 3.63) is 22.8 Å². The van der Waals surface area contributed by atoms with Crippen molar-refractivity contribution in [2.75, 3.05) is 0 Å². The molecule has 1 fully saturated rings. The molecule has 0 aromatic rings. The van der Waals surface area contributed by atoms with Gasteiger partial charge in [-0.2, -0.15) is 0 Å². The van der Waals surface area contributed by atoms with Crippen LogP contribution in [0.25, 0.3) is 0 Å². The molecule has 1 heterocycles. The fraction of sp³-hybridized carbons (Fsp3) is 0.619. The molecule has 5 atom stereocenters. The molecule has 0 aromatic carbocycles. The van der Waals surface area contributed by atoms with Crippen LogP contribution >= 0.6 is 0 Å². The van der Waals surface area contributed by atoms with Crippen LogP contribution in [0.5, 0.6) is 0 Å². The number of rotatable bonds is 3. The van der Waals surface area contributed by atoms with Crippen LogP contribution in [-0.4, -0.2) is 41.5 Å². The first kappa shape index (κ1) is 20.3. The van der Waals surface area contributed by atoms with E-state index in [9.17, 15) is 19.2 Å². The molecular formula is C21H26O7. The van der Waals surface area contributed by atoms with E-state index in [0.29, 0.717) is 5.57 Å². The summed E-state index contributed by atoms with van der Waals surface area (Å²) < 4.78 is 16.9. The Morgan fingerprint density at radius 3 is 2.46 bits per heavy atom. The standard InChI is InChI=1S/C21H26O7/c1-9(2)19(24)26-14-8-11(4)15-13(23)7-10(3)16(15)18-17(14)21(6,20(25)27-18)28-12(5)22/h7,9,14,16-18H,8H2,1-6H3/t14-,16-,17+,18+,21-/m0/s1. The molecule has 0 radical (unpaired) electrons. The molecule has 7 nitrogen and oxygen atoms in total. The van der Waals surface area contributed by atoms with Gasteiger partial charge in [-0.05, 0) is 26.8 Å². The minimum absolute atomic E-state index is 0.119. The van der Waals surface area contributed by atoms with Gasteiger partial charge in [-0.1, -0.05) is 25.0 Å². The highest BCUT2D eigenvalue weighted by Gasteiger charge is 2.65. The van der Waals surface area contributed by atoms with E-state index in [1.165, 1.54) is 13.8 Å². The lowest BCUT2D eigenvalue weighted by Gasteiger charge is -2.34. The van der Waals surface area contributed by atoms with Gasteiger partial charge in [-0.15, -0.1) is 0 Å². The Kier molecular flexibility index (Phi) is 4.98. The molecule has 7 heteroatoms. The fourth-order valence-electron chi connectivity index (χ4n) is 4.61. The van der Waals surface area contributed by atoms with Gasteiger partial charge >= 0.3 is 17.9 Å². The smallest absolute Gasteiger partial charge is 0.351 e. The van der Waals surface area contributed by atoms with Gasteiger partial charge in [0.1, 0.15) is 12.2 Å². The molecule has 0 aromatic heterocycles. The van der Waals surface area contributed by atoms with Gasteiger partial charge in [-0.25, -0.2) is 4.79 Å². The molecule has 1 saturated heterocycles. The lowest BCUT2D eigenvalue weighted by Crippen LogP contribution is -2.50. The molecule has 0 N–H and O–H groups in total. The second kappa shape index (κ2) is 6.87. The first-order valence-electron chi connectivity index (χ1n) is 9.50. The zero-order valence-corrected chi connectivity index (χ0v) is 17.0. The predicted octanol–water partition coefficient (Wildman–Crippen LogP) is 2.28. The summed E-state index contributed by atoms with van der Waals surface area (Å²) in [5.74, 6) is -3.37. The zero-order chi connectivity index (χ0) is 21.0. The third kappa shape index (κ3) is 3.06. The summed E-state index contributed by atoms with van der Waals surface area (Å²) in [6.45, 7) is 9.79. The third-order valence-corrected chi connectivity index (χ3v) is 5.86. The summed E-state index contributed by atoms with van der Waals surface area (Å²) >= 11 is 0. The molecule has 28 heavy (non-hydrogen) atoms. The molecular weight excluding hydrogens is 364 g/mol. The van der Waals surface area contributed by atoms with Crippen LogP contribution in [0.2, 0.25) is 0 Å². The summed E-state index contributed by atoms with van der Waals surface area (Å²) in [4.78, 5) is 49.4. The van der Waals surface area contributed by atoms with Crippen LogP contribution < -0.4 is 0 Å². The maximum Gasteiger partial charge on any atom is 0.351 e. The average Bonchev–Trinajstić information content (AvgIpc) is 2.93. The van der Waals surface area contributed by atoms with E-state index in [-0.39, 0.29) is 18.1 Å². The second-order valence-corrected chi connectivity index (χ2v) is 8.35. The van der Waals surface area contributed by atoms with Crippen molar-refractivity contribution in [2.24, 2.45) is 17.8 Å². The maximum absolute atomic E-state index is 12.8. The molecule has 1 aliphatic heterocycles. The summed E-state index contributed by atoms with van der Waals surface area (Å²) in [5, 5.41) is 0. The Morgan fingerprint density at radius 1 is 1.25 bits per heavy atom. The number of hydrogen-bond donors (Lipinski definition) is 0. The highest BCUT2D eigenvalue weighted by Crippen LogP contribution is 2.51. The van der Waals surface area contributed by atoms with E-state index in [2.05, 4.69) is 0 Å². The Morgan fingerprint density at radius 2 is 1.89 bits per heavy atom. The Balaban J connectivity index is 2.12. The number of hydrogen-bond acceptors (Lipinski definition) is 7. The normalized spacial score (nSPS) is 34.5. The predicted molar refractivity (Wildman–Crippen MR) is 97.8 cm³/mol. The lowest BCUT2D eigenvalue weighted by atomic mass is 9.77. The van der Waals surface area contributed by atoms with E-state index in [1.54, 1.807) is 19.9 Å². The molecule has 2 aliphatic carbocycles. The molecule has 3 rings (SSSR count). The van der Waals surface area contributed by atoms with Crippen LogP contribution in [0.4, 0.5) is 0 Å². The van der Waals surface area contributed by atoms with Crippen LogP contribution in [0.3, 0.4) is 0 Å². The highest BCUT2D eigenvalue weighted by molar-refractivity contribution is 6.09. The summed E-state index contributed by atoms with van der Waals surface area (Å²) in [7, 11) is 0. The first-order valence-corrected chi connectivity index (χ1v) is 9.50. The van der Waals surface area contributed by atoms with Crippen molar-refractivity contribution in [1.82, 2.24) is 0 Å². The Hall–Kier alpha value is -2.44. The summed E-state index contributed by atoms with van der Waals surface area (Å²) in [6, 6.07) is 0. The van der Waals surface area contributed by atoms with E-state index in [1.807, 2.05) is 13.8 Å². The Bertz CT molecular complexity index is 819. The maximum atomic E-state index is 12.8. The average molecular weight is 390 g/mol. The lowest BCUT2D eigenvalue weighted by molar-refractivity contribution is -0.178. The molecule has 0 saturated carbocycles. The number of carbonyl (C=O) groups is 4. The van der Waals surface area contributed by atoms with Gasteiger partial charge in [-0.3, -0.25) is 14.4 Å². The van der Waals surface area contributed by atoms with Crippen molar-refractivity contribution in [3.8, 4) is 0 Å². The second-order valence-electron chi connectivity index (χ2n) is 8.35. The summed E-state index contributed by atoms with van der Waals surface area (Å²) in [6.07, 6.45) is 0.314. The topological polar surface area (TPSA) is 96.0 Å². The first-order chi connectivity index (χ1) is 13.0. The molecule has 3 aliphatic rings. The molecule has 0 spiro atoms. The molecule has 0 bridgehead atoms. The number of fused-ring (bicyclic) bond motifs is 3. The quantitative estimate of drug-likeness (QED) is 0.539. The van der Waals surface area contributed by atoms with Gasteiger partial charge in [0.15, 0.2) is 5.78 Å². The molecule has 152 valence electrons. The summed E-state index contributed by atoms with van der Waals surface area (Å²) in [5.41, 5.74) is 0.556. The number of ketones is 1. The largest absolute Gasteiger partial charge is 0.461 e. The van der Waals surface area contributed by atoms with E-state index in [0.717, 1.165) is 11.1 Å². The Labute approximate surface area is 164 Å². The van der Waals surface area contributed by atoms with Crippen LogP contribution in [0.15, 0.2) is 22.8 Å². The van der Waals surface area contributed by atoms with Crippen molar-refractivity contribution in [2.45, 2.75) is 65.8 Å². The van der Waals surface area contributed by atoms with Gasteiger partial charge in [0.05, 0.1) is 11.8 Å². The van der Waals surface area contributed by atoms with Crippen LogP contribution in [-0.2, 0) is 33.4 Å². The highest BCUT2D eigenvalue weighted by atomic mass is 16.6. The number of ether oxygens (including phenoxy) is 3. The van der Waals surface area contributed by atoms with Crippen molar-refractivity contribution < 1.29 is 33.4 Å². The number of esters is 3. The van der Waals surface area contributed by atoms with Gasteiger partial charge in [0.25, 0.3) is 0 Å². The third-order valence-electron chi connectivity index (χ3n) is 5.86. The number of carbonyl (C=O) groups excluding carboxylic acids is 4. The number of allylic oxidation sites excluding steroid dienone is 1. The van der Waals surface area contributed by atoms with Crippen molar-refractivity contribution >= 4 is 23.7 Å². The van der Waals surface area contributed by atoms with E-state index >= 15 is 0 Å². The van der Waals surface area contributed by atoms with Gasteiger partial charge < -0.3 is 14.2 Å². The van der Waals surface area contributed by atoms with E-state index < -0.39 is 47.6 Å². The van der Waals surface area contributed by atoms with Crippen LogP contribution in [0, 0.1) is 17.8 Å². The minimum atomic E-state index is -1.60. The fourth-order valence-corrected chi connectivity index (χ4v) is 4.61. The minimum Gasteiger partial charge on any atom is -0.461 e. The molecule has 0 unspecified atom stereocenters. The van der Waals surface area contributed by atoms with Crippen LogP contribution in [0.1, 0.15) is 48.0 Å². The monoisotopic (exact) mass is 390 g/mol. The zero-order valence-electron chi connectivity index (χ0n) is 17.0. The van der Waals surface area contributed by atoms with Crippen molar-refractivity contribution in [3.63, 3.8) is 0 Å². The van der Waals surface area contributed by atoms with Crippen molar-refractivity contribution in [1.29, 1.82) is 0 Å². The van der Waals surface area contributed by atoms with Gasteiger partial charge in [0.2, 0.25) is 5.60 Å². The molecule has 0 amide bonds. The SMILES string of the molecule is CC(=O)O[C@]1(C)C(=O)O[C@@H]2[C@H]3C(C)=CC(=O)C3=C(C)C[C@H](OC(=O)C(C)C)[C@H]21. The van der Waals surface area contributed by atoms with Gasteiger partial charge in [0, 0.05) is 24.8 Å².